The molecule has 150 valence electrons. The highest BCUT2D eigenvalue weighted by Gasteiger charge is 2.27. The summed E-state index contributed by atoms with van der Waals surface area (Å²) in [6.45, 7) is 4.94. The van der Waals surface area contributed by atoms with Gasteiger partial charge in [-0.25, -0.2) is 4.68 Å². The van der Waals surface area contributed by atoms with Gasteiger partial charge in [-0.1, -0.05) is 18.2 Å². The van der Waals surface area contributed by atoms with Crippen LogP contribution in [0.3, 0.4) is 0 Å². The lowest BCUT2D eigenvalue weighted by Gasteiger charge is -2.31. The average molecular weight is 392 g/mol. The number of hydrogen-bond acceptors (Lipinski definition) is 4. The maximum Gasteiger partial charge on any atom is 0.289 e. The first-order valence-electron chi connectivity index (χ1n) is 9.80. The molecule has 0 bridgehead atoms. The first-order chi connectivity index (χ1) is 14.0. The Hall–Kier alpha value is -3.35. The minimum atomic E-state index is -0.113. The summed E-state index contributed by atoms with van der Waals surface area (Å²) < 4.78 is 6.99. The molecule has 4 rings (SSSR count). The molecule has 1 N–H and O–H groups in total. The molecule has 3 heterocycles. The van der Waals surface area contributed by atoms with E-state index < -0.39 is 0 Å². The van der Waals surface area contributed by atoms with Crippen molar-refractivity contribution in [2.45, 2.75) is 32.7 Å². The zero-order valence-electron chi connectivity index (χ0n) is 16.6. The number of aryl methyl sites for hydroxylation is 1. The fourth-order valence-electron chi connectivity index (χ4n) is 3.83. The van der Waals surface area contributed by atoms with E-state index in [-0.39, 0.29) is 17.9 Å². The number of likely N-dealkylation sites (tertiary alicyclic amines) is 1. The lowest BCUT2D eigenvalue weighted by molar-refractivity contribution is 0.0667. The number of aromatic nitrogens is 2. The monoisotopic (exact) mass is 392 g/mol. The van der Waals surface area contributed by atoms with Crippen molar-refractivity contribution < 1.29 is 14.0 Å². The summed E-state index contributed by atoms with van der Waals surface area (Å²) in [5.74, 6) is 0.139. The lowest BCUT2D eigenvalue weighted by atomic mass is 10.0. The van der Waals surface area contributed by atoms with Gasteiger partial charge < -0.3 is 14.6 Å². The van der Waals surface area contributed by atoms with Gasteiger partial charge in [0, 0.05) is 19.1 Å². The number of para-hydroxylation sites is 1. The average Bonchev–Trinajstić information content (AvgIpc) is 3.37. The van der Waals surface area contributed by atoms with Crippen molar-refractivity contribution in [3.8, 4) is 5.69 Å². The van der Waals surface area contributed by atoms with Crippen molar-refractivity contribution >= 4 is 11.8 Å². The Balaban J connectivity index is 1.41. The summed E-state index contributed by atoms with van der Waals surface area (Å²) in [5, 5.41) is 7.67. The lowest BCUT2D eigenvalue weighted by Crippen LogP contribution is -2.46. The van der Waals surface area contributed by atoms with Crippen LogP contribution in [0.2, 0.25) is 0 Å². The van der Waals surface area contributed by atoms with Crippen LogP contribution in [0.4, 0.5) is 0 Å². The molecule has 3 aromatic rings. The third-order valence-electron chi connectivity index (χ3n) is 5.37. The van der Waals surface area contributed by atoms with Gasteiger partial charge in [0.25, 0.3) is 11.8 Å². The predicted octanol–water partition coefficient (Wildman–Crippen LogP) is 3.12. The van der Waals surface area contributed by atoms with E-state index in [0.717, 1.165) is 11.4 Å². The highest BCUT2D eigenvalue weighted by Crippen LogP contribution is 2.19. The van der Waals surface area contributed by atoms with Crippen LogP contribution in [0.1, 0.15) is 45.1 Å². The zero-order chi connectivity index (χ0) is 20.4. The number of nitrogens with zero attached hydrogens (tertiary/aromatic N) is 3. The van der Waals surface area contributed by atoms with Crippen LogP contribution >= 0.6 is 0 Å². The first-order valence-corrected chi connectivity index (χ1v) is 9.80. The molecule has 2 amide bonds. The van der Waals surface area contributed by atoms with E-state index in [2.05, 4.69) is 10.4 Å². The summed E-state index contributed by atoms with van der Waals surface area (Å²) in [4.78, 5) is 27.1. The number of amides is 2. The Morgan fingerprint density at radius 2 is 1.79 bits per heavy atom. The van der Waals surface area contributed by atoms with Crippen molar-refractivity contribution in [2.75, 3.05) is 13.1 Å². The molecule has 1 saturated heterocycles. The van der Waals surface area contributed by atoms with E-state index >= 15 is 0 Å². The van der Waals surface area contributed by atoms with Gasteiger partial charge in [-0.2, -0.15) is 5.10 Å². The molecule has 0 unspecified atom stereocenters. The van der Waals surface area contributed by atoms with Crippen molar-refractivity contribution in [1.29, 1.82) is 0 Å². The van der Waals surface area contributed by atoms with Gasteiger partial charge in [0.1, 0.15) is 0 Å². The van der Waals surface area contributed by atoms with Crippen molar-refractivity contribution in [1.82, 2.24) is 20.0 Å². The van der Waals surface area contributed by atoms with Crippen molar-refractivity contribution in [2.24, 2.45) is 0 Å². The summed E-state index contributed by atoms with van der Waals surface area (Å²) in [7, 11) is 0. The van der Waals surface area contributed by atoms with E-state index in [1.54, 1.807) is 21.7 Å². The number of nitrogens with one attached hydrogen (secondary N) is 1. The van der Waals surface area contributed by atoms with Gasteiger partial charge in [-0.15, -0.1) is 0 Å². The smallest absolute Gasteiger partial charge is 0.289 e. The van der Waals surface area contributed by atoms with Crippen LogP contribution in [-0.4, -0.2) is 45.6 Å². The number of carbonyl (C=O) groups excluding carboxylic acids is 2. The van der Waals surface area contributed by atoms with Gasteiger partial charge in [-0.3, -0.25) is 9.59 Å². The quantitative estimate of drug-likeness (QED) is 0.740. The number of piperidine rings is 1. The number of benzene rings is 1. The topological polar surface area (TPSA) is 80.4 Å². The Bertz CT molecular complexity index is 1000. The molecule has 2 aromatic heterocycles. The molecule has 29 heavy (non-hydrogen) atoms. The molecular formula is C22H24N4O3. The second-order valence-electron chi connectivity index (χ2n) is 7.31. The molecule has 0 saturated carbocycles. The number of rotatable bonds is 4. The van der Waals surface area contributed by atoms with E-state index in [9.17, 15) is 9.59 Å². The maximum atomic E-state index is 12.9. The molecule has 1 aliphatic heterocycles. The molecule has 1 fully saturated rings. The molecule has 1 aromatic carbocycles. The van der Waals surface area contributed by atoms with Crippen LogP contribution < -0.4 is 5.32 Å². The molecule has 0 aliphatic carbocycles. The van der Waals surface area contributed by atoms with Crippen LogP contribution in [0.15, 0.2) is 53.1 Å². The highest BCUT2D eigenvalue weighted by atomic mass is 16.3. The van der Waals surface area contributed by atoms with Gasteiger partial charge in [0.2, 0.25) is 0 Å². The van der Waals surface area contributed by atoms with Crippen LogP contribution in [-0.2, 0) is 0 Å². The standard InChI is InChI=1S/C22H24N4O3/c1-15-20(16(2)26(24-15)18-7-4-3-5-8-18)21(27)23-17-10-12-25(13-11-17)22(28)19-9-6-14-29-19/h3-9,14,17H,10-13H2,1-2H3,(H,23,27). The van der Waals surface area contributed by atoms with Crippen LogP contribution in [0.25, 0.3) is 5.69 Å². The SMILES string of the molecule is Cc1nn(-c2ccccc2)c(C)c1C(=O)NC1CCN(C(=O)c2ccco2)CC1. The van der Waals surface area contributed by atoms with Crippen molar-refractivity contribution in [3.63, 3.8) is 0 Å². The van der Waals surface area contributed by atoms with E-state index in [1.165, 1.54) is 6.26 Å². The fraction of sp³-hybridized carbons (Fsp3) is 0.318. The second-order valence-corrected chi connectivity index (χ2v) is 7.31. The predicted molar refractivity (Wildman–Crippen MR) is 108 cm³/mol. The van der Waals surface area contributed by atoms with E-state index in [4.69, 9.17) is 4.42 Å². The Labute approximate surface area is 169 Å². The van der Waals surface area contributed by atoms with Crippen LogP contribution in [0, 0.1) is 13.8 Å². The normalized spacial score (nSPS) is 14.8. The third kappa shape index (κ3) is 3.81. The summed E-state index contributed by atoms with van der Waals surface area (Å²) >= 11 is 0. The number of hydrogen-bond donors (Lipinski definition) is 1. The minimum Gasteiger partial charge on any atom is -0.459 e. The third-order valence-corrected chi connectivity index (χ3v) is 5.37. The highest BCUT2D eigenvalue weighted by molar-refractivity contribution is 5.96. The minimum absolute atomic E-state index is 0.0297. The van der Waals surface area contributed by atoms with Gasteiger partial charge in [-0.05, 0) is 51.0 Å². The summed E-state index contributed by atoms with van der Waals surface area (Å²) in [6.07, 6.45) is 2.92. The largest absolute Gasteiger partial charge is 0.459 e. The summed E-state index contributed by atoms with van der Waals surface area (Å²) in [5.41, 5.74) is 3.06. The molecule has 7 heteroatoms. The molecule has 0 radical (unpaired) electrons. The Morgan fingerprint density at radius 1 is 1.07 bits per heavy atom. The van der Waals surface area contributed by atoms with Crippen LogP contribution in [0.5, 0.6) is 0 Å². The molecular weight excluding hydrogens is 368 g/mol. The molecule has 1 aliphatic rings. The second kappa shape index (κ2) is 7.95. The fourth-order valence-corrected chi connectivity index (χ4v) is 3.83. The number of carbonyl (C=O) groups is 2. The summed E-state index contributed by atoms with van der Waals surface area (Å²) in [6, 6.07) is 13.2. The van der Waals surface area contributed by atoms with E-state index in [0.29, 0.717) is 42.9 Å². The van der Waals surface area contributed by atoms with Gasteiger partial charge >= 0.3 is 0 Å². The van der Waals surface area contributed by atoms with Gasteiger partial charge in [0.15, 0.2) is 5.76 Å². The Kier molecular flexibility index (Phi) is 5.20. The first kappa shape index (κ1) is 19.0. The van der Waals surface area contributed by atoms with Crippen molar-refractivity contribution in [3.05, 3.63) is 71.4 Å². The van der Waals surface area contributed by atoms with E-state index in [1.807, 2.05) is 44.2 Å². The zero-order valence-corrected chi connectivity index (χ0v) is 16.6. The Morgan fingerprint density at radius 3 is 2.45 bits per heavy atom. The maximum absolute atomic E-state index is 12.9. The molecule has 0 spiro atoms. The molecule has 0 atom stereocenters. The van der Waals surface area contributed by atoms with Gasteiger partial charge in [0.05, 0.1) is 28.9 Å². The number of furan rings is 1. The molecule has 7 nitrogen and oxygen atoms in total.